The lowest BCUT2D eigenvalue weighted by Gasteiger charge is -2.10. The topological polar surface area (TPSA) is 66.0 Å². The fourth-order valence-electron chi connectivity index (χ4n) is 1.99. The number of nitrogens with two attached hydrogens (primary N) is 1. The standard InChI is InChI=1S/C15H10F4N4O/c16-11-6-10(1-2-12(11)23-7-13(20)22-8-23)24-14-5-9(3-4-21-14)15(17,18)19/h1-8H,20H2. The fraction of sp³-hybridized carbons (Fsp3) is 0.0667. The Morgan fingerprint density at radius 2 is 1.88 bits per heavy atom. The van der Waals surface area contributed by atoms with Crippen molar-refractivity contribution in [3.63, 3.8) is 0 Å². The van der Waals surface area contributed by atoms with E-state index in [2.05, 4.69) is 9.97 Å². The molecule has 3 rings (SSSR count). The maximum Gasteiger partial charge on any atom is 0.416 e. The Hall–Kier alpha value is -3.10. The minimum absolute atomic E-state index is 0.0103. The zero-order chi connectivity index (χ0) is 17.3. The molecule has 1 aromatic carbocycles. The summed E-state index contributed by atoms with van der Waals surface area (Å²) in [5.74, 6) is -0.709. The van der Waals surface area contributed by atoms with E-state index in [0.717, 1.165) is 24.4 Å². The molecule has 0 atom stereocenters. The number of rotatable bonds is 3. The molecular weight excluding hydrogens is 328 g/mol. The largest absolute Gasteiger partial charge is 0.439 e. The van der Waals surface area contributed by atoms with Crippen molar-refractivity contribution in [3.8, 4) is 17.3 Å². The zero-order valence-corrected chi connectivity index (χ0v) is 12.0. The van der Waals surface area contributed by atoms with Crippen molar-refractivity contribution in [3.05, 3.63) is 60.4 Å². The maximum absolute atomic E-state index is 14.1. The predicted molar refractivity (Wildman–Crippen MR) is 77.2 cm³/mol. The molecule has 0 radical (unpaired) electrons. The van der Waals surface area contributed by atoms with E-state index in [0.29, 0.717) is 0 Å². The highest BCUT2D eigenvalue weighted by atomic mass is 19.4. The second kappa shape index (κ2) is 5.84. The number of benzene rings is 1. The van der Waals surface area contributed by atoms with Crippen LogP contribution in [-0.4, -0.2) is 14.5 Å². The number of alkyl halides is 3. The van der Waals surface area contributed by atoms with Crippen LogP contribution in [0.4, 0.5) is 23.4 Å². The van der Waals surface area contributed by atoms with Gasteiger partial charge in [-0.2, -0.15) is 13.2 Å². The molecule has 0 amide bonds. The SMILES string of the molecule is Nc1cn(-c2ccc(Oc3cc(C(F)(F)F)ccn3)cc2F)cn1. The van der Waals surface area contributed by atoms with Crippen LogP contribution >= 0.6 is 0 Å². The third-order valence-corrected chi connectivity index (χ3v) is 3.08. The van der Waals surface area contributed by atoms with Gasteiger partial charge in [0.05, 0.1) is 17.4 Å². The molecule has 3 aromatic rings. The third-order valence-electron chi connectivity index (χ3n) is 3.08. The van der Waals surface area contributed by atoms with Gasteiger partial charge in [0.25, 0.3) is 0 Å². The summed E-state index contributed by atoms with van der Waals surface area (Å²) in [6, 6.07) is 5.38. The molecule has 0 unspecified atom stereocenters. The molecule has 0 saturated carbocycles. The number of hydrogen-bond donors (Lipinski definition) is 1. The average Bonchev–Trinajstić information content (AvgIpc) is 2.93. The van der Waals surface area contributed by atoms with Gasteiger partial charge in [0, 0.05) is 18.3 Å². The highest BCUT2D eigenvalue weighted by Crippen LogP contribution is 2.32. The molecule has 2 N–H and O–H groups in total. The molecule has 9 heteroatoms. The van der Waals surface area contributed by atoms with Gasteiger partial charge < -0.3 is 15.0 Å². The average molecular weight is 338 g/mol. The van der Waals surface area contributed by atoms with E-state index in [9.17, 15) is 17.6 Å². The molecule has 0 saturated heterocycles. The van der Waals surface area contributed by atoms with Crippen LogP contribution in [0.15, 0.2) is 49.1 Å². The summed E-state index contributed by atoms with van der Waals surface area (Å²) in [7, 11) is 0. The molecule has 0 bridgehead atoms. The molecule has 2 aromatic heterocycles. The normalized spacial score (nSPS) is 11.5. The van der Waals surface area contributed by atoms with Crippen LogP contribution in [0, 0.1) is 5.82 Å². The number of hydrogen-bond acceptors (Lipinski definition) is 4. The number of halogens is 4. The van der Waals surface area contributed by atoms with Crippen molar-refractivity contribution in [2.75, 3.05) is 5.73 Å². The van der Waals surface area contributed by atoms with Gasteiger partial charge in [-0.3, -0.25) is 0 Å². The van der Waals surface area contributed by atoms with Gasteiger partial charge in [-0.15, -0.1) is 0 Å². The number of pyridine rings is 1. The van der Waals surface area contributed by atoms with E-state index in [1.54, 1.807) is 0 Å². The molecule has 5 nitrogen and oxygen atoms in total. The van der Waals surface area contributed by atoms with Crippen LogP contribution in [0.2, 0.25) is 0 Å². The van der Waals surface area contributed by atoms with Crippen LogP contribution in [0.5, 0.6) is 11.6 Å². The fourth-order valence-corrected chi connectivity index (χ4v) is 1.99. The molecule has 0 aliphatic carbocycles. The van der Waals surface area contributed by atoms with Crippen LogP contribution in [0.1, 0.15) is 5.56 Å². The van der Waals surface area contributed by atoms with Gasteiger partial charge in [0.2, 0.25) is 5.88 Å². The van der Waals surface area contributed by atoms with Gasteiger partial charge in [0.15, 0.2) is 5.82 Å². The van der Waals surface area contributed by atoms with Crippen molar-refractivity contribution < 1.29 is 22.3 Å². The van der Waals surface area contributed by atoms with Crippen molar-refractivity contribution in [1.29, 1.82) is 0 Å². The molecule has 0 aliphatic heterocycles. The Kier molecular flexibility index (Phi) is 3.84. The van der Waals surface area contributed by atoms with Crippen molar-refractivity contribution in [2.45, 2.75) is 6.18 Å². The van der Waals surface area contributed by atoms with Crippen molar-refractivity contribution in [1.82, 2.24) is 14.5 Å². The number of aromatic nitrogens is 3. The van der Waals surface area contributed by atoms with E-state index in [4.69, 9.17) is 10.5 Å². The minimum atomic E-state index is -4.52. The van der Waals surface area contributed by atoms with Gasteiger partial charge in [-0.1, -0.05) is 0 Å². The molecule has 124 valence electrons. The second-order valence-electron chi connectivity index (χ2n) is 4.80. The molecule has 24 heavy (non-hydrogen) atoms. The number of nitrogen functional groups attached to an aromatic ring is 1. The Morgan fingerprint density at radius 1 is 1.08 bits per heavy atom. The zero-order valence-electron chi connectivity index (χ0n) is 12.0. The lowest BCUT2D eigenvalue weighted by molar-refractivity contribution is -0.137. The lowest BCUT2D eigenvalue weighted by atomic mass is 10.2. The summed E-state index contributed by atoms with van der Waals surface area (Å²) >= 11 is 0. The summed E-state index contributed by atoms with van der Waals surface area (Å²) in [4.78, 5) is 7.47. The number of ether oxygens (including phenoxy) is 1. The van der Waals surface area contributed by atoms with Crippen LogP contribution in [0.3, 0.4) is 0 Å². The Bertz CT molecular complexity index is 876. The summed E-state index contributed by atoms with van der Waals surface area (Å²) in [5, 5.41) is 0. The number of nitrogens with zero attached hydrogens (tertiary/aromatic N) is 3. The molecular formula is C15H10F4N4O. The van der Waals surface area contributed by atoms with Crippen molar-refractivity contribution >= 4 is 5.82 Å². The molecule has 0 spiro atoms. The summed E-state index contributed by atoms with van der Waals surface area (Å²) < 4.78 is 58.7. The first-order valence-corrected chi connectivity index (χ1v) is 6.63. The third kappa shape index (κ3) is 3.29. The Balaban J connectivity index is 1.85. The van der Waals surface area contributed by atoms with E-state index in [-0.39, 0.29) is 23.1 Å². The molecule has 2 heterocycles. The minimum Gasteiger partial charge on any atom is -0.439 e. The maximum atomic E-state index is 14.1. The van der Waals surface area contributed by atoms with Crippen molar-refractivity contribution in [2.24, 2.45) is 0 Å². The van der Waals surface area contributed by atoms with E-state index < -0.39 is 17.6 Å². The lowest BCUT2D eigenvalue weighted by Crippen LogP contribution is -2.05. The van der Waals surface area contributed by atoms with Crippen LogP contribution in [-0.2, 0) is 6.18 Å². The number of imidazole rings is 1. The summed E-state index contributed by atoms with van der Waals surface area (Å²) in [6.07, 6.45) is -0.787. The Morgan fingerprint density at radius 3 is 2.50 bits per heavy atom. The van der Waals surface area contributed by atoms with Crippen LogP contribution in [0.25, 0.3) is 5.69 Å². The Labute approximate surface area is 133 Å². The van der Waals surface area contributed by atoms with Gasteiger partial charge in [0.1, 0.15) is 17.9 Å². The summed E-state index contributed by atoms with van der Waals surface area (Å²) in [6.45, 7) is 0. The summed E-state index contributed by atoms with van der Waals surface area (Å²) in [5.41, 5.74) is 4.73. The smallest absolute Gasteiger partial charge is 0.416 e. The van der Waals surface area contributed by atoms with E-state index >= 15 is 0 Å². The van der Waals surface area contributed by atoms with E-state index in [1.807, 2.05) is 0 Å². The first-order valence-electron chi connectivity index (χ1n) is 6.63. The molecule has 0 aliphatic rings. The first-order chi connectivity index (χ1) is 11.3. The first kappa shape index (κ1) is 15.8. The van der Waals surface area contributed by atoms with Gasteiger partial charge in [-0.05, 0) is 18.2 Å². The van der Waals surface area contributed by atoms with E-state index in [1.165, 1.54) is 29.2 Å². The highest BCUT2D eigenvalue weighted by Gasteiger charge is 2.31. The van der Waals surface area contributed by atoms with Crippen LogP contribution < -0.4 is 10.5 Å². The molecule has 0 fully saturated rings. The number of anilines is 1. The monoisotopic (exact) mass is 338 g/mol. The quantitative estimate of drug-likeness (QED) is 0.738. The van der Waals surface area contributed by atoms with Gasteiger partial charge >= 0.3 is 6.18 Å². The predicted octanol–water partition coefficient (Wildman–Crippen LogP) is 3.80. The second-order valence-corrected chi connectivity index (χ2v) is 4.80. The van der Waals surface area contributed by atoms with Gasteiger partial charge in [-0.25, -0.2) is 14.4 Å². The highest BCUT2D eigenvalue weighted by molar-refractivity contribution is 5.42.